The van der Waals surface area contributed by atoms with Crippen LogP contribution in [0.25, 0.3) is 0 Å². The quantitative estimate of drug-likeness (QED) is 0.260. The second kappa shape index (κ2) is 14.4. The van der Waals surface area contributed by atoms with Gasteiger partial charge < -0.3 is 35.0 Å². The Morgan fingerprint density at radius 1 is 1.12 bits per heavy atom. The lowest BCUT2D eigenvalue weighted by Crippen LogP contribution is -2.56. The number of hydrogen-bond donors (Lipinski definition) is 4. The second-order valence-electron chi connectivity index (χ2n) is 10.1. The molecule has 12 heteroatoms. The lowest BCUT2D eigenvalue weighted by Gasteiger charge is -2.43. The van der Waals surface area contributed by atoms with E-state index in [4.69, 9.17) is 32.7 Å². The summed E-state index contributed by atoms with van der Waals surface area (Å²) in [5, 5.41) is 34.0. The molecule has 4 rings (SSSR count). The standard InChI is InChI=1S/C29H33Cl2IN2O7/c1-40-25-11-17(15-36)10-22(32)27(25)41-24-13-19(28(38)33-7-8-35)12-23(26(24)37)34(29(39)18-3-2-4-18)14-16-5-6-20(30)21(31)9-16/h5-6,9-11,13,18,23-24,26,35-37H,2-4,7-8,12,14-15H2,1H3,(H,33,38). The Balaban J connectivity index is 1.73. The third kappa shape index (κ3) is 7.47. The van der Waals surface area contributed by atoms with Crippen LogP contribution in [0.2, 0.25) is 10.0 Å². The molecule has 0 aliphatic heterocycles. The summed E-state index contributed by atoms with van der Waals surface area (Å²) in [7, 11) is 1.47. The molecule has 1 fully saturated rings. The Morgan fingerprint density at radius 3 is 2.49 bits per heavy atom. The summed E-state index contributed by atoms with van der Waals surface area (Å²) in [6.45, 7) is -0.223. The highest BCUT2D eigenvalue weighted by Gasteiger charge is 2.43. The number of aliphatic hydroxyl groups excluding tert-OH is 3. The number of carbonyl (C=O) groups is 2. The number of aliphatic hydroxyl groups is 3. The summed E-state index contributed by atoms with van der Waals surface area (Å²) in [6.07, 6.45) is 1.87. The van der Waals surface area contributed by atoms with Gasteiger partial charge in [0.15, 0.2) is 11.5 Å². The first-order valence-electron chi connectivity index (χ1n) is 13.3. The Bertz CT molecular complexity index is 1300. The van der Waals surface area contributed by atoms with Crippen LogP contribution in [0.1, 0.15) is 36.8 Å². The normalized spacial score (nSPS) is 20.6. The predicted octanol–water partition coefficient (Wildman–Crippen LogP) is 3.84. The summed E-state index contributed by atoms with van der Waals surface area (Å²) in [5.74, 6) is -0.0149. The van der Waals surface area contributed by atoms with Gasteiger partial charge in [0.2, 0.25) is 11.8 Å². The lowest BCUT2D eigenvalue weighted by molar-refractivity contribution is -0.146. The van der Waals surface area contributed by atoms with E-state index in [0.29, 0.717) is 36.3 Å². The van der Waals surface area contributed by atoms with Gasteiger partial charge in [-0.3, -0.25) is 9.59 Å². The highest BCUT2D eigenvalue weighted by Crippen LogP contribution is 2.38. The van der Waals surface area contributed by atoms with Crippen LogP contribution in [0, 0.1) is 9.49 Å². The molecule has 2 aromatic carbocycles. The molecular formula is C29H33Cl2IN2O7. The Labute approximate surface area is 262 Å². The van der Waals surface area contributed by atoms with Gasteiger partial charge in [-0.25, -0.2) is 0 Å². The smallest absolute Gasteiger partial charge is 0.247 e. The van der Waals surface area contributed by atoms with Gasteiger partial charge in [-0.1, -0.05) is 35.7 Å². The van der Waals surface area contributed by atoms with Crippen molar-refractivity contribution in [3.05, 3.63) is 66.7 Å². The molecule has 1 saturated carbocycles. The maximum absolute atomic E-state index is 13.8. The Morgan fingerprint density at radius 2 is 1.88 bits per heavy atom. The number of benzene rings is 2. The van der Waals surface area contributed by atoms with Crippen molar-refractivity contribution in [1.82, 2.24) is 10.2 Å². The molecule has 3 unspecified atom stereocenters. The summed E-state index contributed by atoms with van der Waals surface area (Å²) < 4.78 is 12.4. The highest BCUT2D eigenvalue weighted by atomic mass is 127. The van der Waals surface area contributed by atoms with Crippen LogP contribution in [0.3, 0.4) is 0 Å². The molecule has 2 aromatic rings. The molecule has 2 aliphatic carbocycles. The maximum atomic E-state index is 13.8. The summed E-state index contributed by atoms with van der Waals surface area (Å²) in [5.41, 5.74) is 1.67. The van der Waals surface area contributed by atoms with Crippen molar-refractivity contribution in [2.24, 2.45) is 5.92 Å². The topological polar surface area (TPSA) is 129 Å². The molecule has 4 N–H and O–H groups in total. The minimum atomic E-state index is -1.20. The zero-order valence-corrected chi connectivity index (χ0v) is 26.2. The molecule has 2 aliphatic rings. The number of nitrogens with one attached hydrogen (secondary N) is 1. The summed E-state index contributed by atoms with van der Waals surface area (Å²) in [4.78, 5) is 28.5. The first-order chi connectivity index (χ1) is 19.7. The monoisotopic (exact) mass is 718 g/mol. The fraction of sp³-hybridized carbons (Fsp3) is 0.448. The van der Waals surface area contributed by atoms with Gasteiger partial charge >= 0.3 is 0 Å². The van der Waals surface area contributed by atoms with Crippen molar-refractivity contribution < 1.29 is 34.4 Å². The fourth-order valence-corrected chi connectivity index (χ4v) is 6.09. The van der Waals surface area contributed by atoms with Crippen LogP contribution in [-0.2, 0) is 22.7 Å². The molecule has 0 aromatic heterocycles. The molecule has 2 amide bonds. The Hall–Kier alpha value is -2.09. The van der Waals surface area contributed by atoms with Crippen molar-refractivity contribution in [3.63, 3.8) is 0 Å². The number of carbonyl (C=O) groups excluding carboxylic acids is 2. The molecule has 41 heavy (non-hydrogen) atoms. The van der Waals surface area contributed by atoms with Crippen LogP contribution in [-0.4, -0.2) is 70.5 Å². The van der Waals surface area contributed by atoms with E-state index in [9.17, 15) is 24.9 Å². The number of hydrogen-bond acceptors (Lipinski definition) is 7. The van der Waals surface area contributed by atoms with Gasteiger partial charge in [-0.15, -0.1) is 0 Å². The Kier molecular flexibility index (Phi) is 11.2. The van der Waals surface area contributed by atoms with E-state index in [1.165, 1.54) is 7.11 Å². The van der Waals surface area contributed by atoms with Gasteiger partial charge in [-0.05, 0) is 76.9 Å². The molecule has 0 saturated heterocycles. The van der Waals surface area contributed by atoms with Crippen molar-refractivity contribution in [1.29, 1.82) is 0 Å². The number of halogens is 3. The molecule has 9 nitrogen and oxygen atoms in total. The third-order valence-electron chi connectivity index (χ3n) is 7.41. The lowest BCUT2D eigenvalue weighted by atomic mass is 9.82. The number of rotatable bonds is 11. The molecule has 222 valence electrons. The van der Waals surface area contributed by atoms with Gasteiger partial charge in [0.25, 0.3) is 0 Å². The van der Waals surface area contributed by atoms with Crippen molar-refractivity contribution >= 4 is 57.6 Å². The van der Waals surface area contributed by atoms with Crippen LogP contribution < -0.4 is 14.8 Å². The largest absolute Gasteiger partial charge is 0.493 e. The summed E-state index contributed by atoms with van der Waals surface area (Å²) in [6, 6.07) is 7.70. The SMILES string of the molecule is COc1cc(CO)cc(I)c1OC1C=C(C(=O)NCCO)CC(N(Cc2ccc(Cl)c(Cl)c2)C(=O)C2CCC2)C1O. The molecule has 0 bridgehead atoms. The summed E-state index contributed by atoms with van der Waals surface area (Å²) >= 11 is 14.4. The zero-order chi connectivity index (χ0) is 29.7. The zero-order valence-electron chi connectivity index (χ0n) is 22.5. The highest BCUT2D eigenvalue weighted by molar-refractivity contribution is 14.1. The van der Waals surface area contributed by atoms with Gasteiger partial charge in [0.05, 0.1) is 40.0 Å². The van der Waals surface area contributed by atoms with Gasteiger partial charge in [-0.2, -0.15) is 0 Å². The van der Waals surface area contributed by atoms with Crippen LogP contribution in [0.4, 0.5) is 0 Å². The van der Waals surface area contributed by atoms with Crippen molar-refractivity contribution in [2.45, 2.75) is 57.1 Å². The van der Waals surface area contributed by atoms with Gasteiger partial charge in [0, 0.05) is 31.0 Å². The number of nitrogens with zero attached hydrogens (tertiary/aromatic N) is 1. The van der Waals surface area contributed by atoms with E-state index >= 15 is 0 Å². The first kappa shape index (κ1) is 31.8. The maximum Gasteiger partial charge on any atom is 0.247 e. The average molecular weight is 719 g/mol. The predicted molar refractivity (Wildman–Crippen MR) is 163 cm³/mol. The third-order valence-corrected chi connectivity index (χ3v) is 8.96. The molecule has 0 spiro atoms. The molecule has 0 heterocycles. The number of amides is 2. The van der Waals surface area contributed by atoms with E-state index < -0.39 is 24.2 Å². The number of ether oxygens (including phenoxy) is 2. The van der Waals surface area contributed by atoms with Crippen molar-refractivity contribution in [3.8, 4) is 11.5 Å². The van der Waals surface area contributed by atoms with Gasteiger partial charge in [0.1, 0.15) is 12.2 Å². The van der Waals surface area contributed by atoms with Crippen LogP contribution in [0.15, 0.2) is 42.0 Å². The molecule has 0 radical (unpaired) electrons. The molecular weight excluding hydrogens is 686 g/mol. The number of methoxy groups -OCH3 is 1. The average Bonchev–Trinajstić information content (AvgIpc) is 2.93. The fourth-order valence-electron chi connectivity index (χ4n) is 4.98. The van der Waals surface area contributed by atoms with E-state index in [2.05, 4.69) is 27.9 Å². The van der Waals surface area contributed by atoms with Crippen LogP contribution >= 0.6 is 45.8 Å². The minimum absolute atomic E-state index is 0.0528. The van der Waals surface area contributed by atoms with E-state index in [-0.39, 0.29) is 44.5 Å². The second-order valence-corrected chi connectivity index (χ2v) is 12.1. The first-order valence-corrected chi connectivity index (χ1v) is 15.2. The van der Waals surface area contributed by atoms with E-state index in [1.807, 2.05) is 0 Å². The van der Waals surface area contributed by atoms with Crippen molar-refractivity contribution in [2.75, 3.05) is 20.3 Å². The minimum Gasteiger partial charge on any atom is -0.493 e. The molecule has 3 atom stereocenters. The van der Waals surface area contributed by atoms with E-state index in [1.54, 1.807) is 41.3 Å². The van der Waals surface area contributed by atoms with E-state index in [0.717, 1.165) is 24.8 Å². The van der Waals surface area contributed by atoms with Crippen LogP contribution in [0.5, 0.6) is 11.5 Å².